The van der Waals surface area contributed by atoms with Gasteiger partial charge in [0.25, 0.3) is 0 Å². The summed E-state index contributed by atoms with van der Waals surface area (Å²) in [7, 11) is 0.323. The Morgan fingerprint density at radius 1 is 1.29 bits per heavy atom. The van der Waals surface area contributed by atoms with Gasteiger partial charge in [-0.15, -0.1) is 11.6 Å². The van der Waals surface area contributed by atoms with Crippen LogP contribution in [0.15, 0.2) is 0 Å². The van der Waals surface area contributed by atoms with Crippen LogP contribution in [0.5, 0.6) is 0 Å². The van der Waals surface area contributed by atoms with Gasteiger partial charge in [-0.3, -0.25) is 0 Å². The van der Waals surface area contributed by atoms with E-state index in [1.807, 2.05) is 0 Å². The zero-order valence-corrected chi connectivity index (χ0v) is 6.01. The van der Waals surface area contributed by atoms with Gasteiger partial charge in [0.2, 0.25) is 0 Å². The average Bonchev–Trinajstić information content (AvgIpc) is 2.14. The molecular formula is C5H10ClP. The van der Waals surface area contributed by atoms with Crippen LogP contribution >= 0.6 is 19.5 Å². The molecule has 1 aliphatic rings. The highest BCUT2D eigenvalue weighted by atomic mass is 35.5. The molecule has 1 aliphatic heterocycles. The fourth-order valence-electron chi connectivity index (χ4n) is 0.902. The van der Waals surface area contributed by atoms with Crippen LogP contribution in [0.4, 0.5) is 0 Å². The van der Waals surface area contributed by atoms with Gasteiger partial charge in [0.15, 0.2) is 0 Å². The van der Waals surface area contributed by atoms with Crippen molar-refractivity contribution in [3.63, 3.8) is 0 Å². The van der Waals surface area contributed by atoms with Gasteiger partial charge < -0.3 is 0 Å². The highest BCUT2D eigenvalue weighted by Gasteiger charge is 2.11. The number of halogens is 1. The Kier molecular flexibility index (Phi) is 2.42. The highest BCUT2D eigenvalue weighted by Crippen LogP contribution is 2.43. The molecule has 0 unspecified atom stereocenters. The van der Waals surface area contributed by atoms with Gasteiger partial charge in [-0.1, -0.05) is 7.92 Å². The minimum atomic E-state index is 0.323. The van der Waals surface area contributed by atoms with Crippen molar-refractivity contribution in [3.8, 4) is 0 Å². The SMILES string of the molecule is ClCP1CCCC1. The van der Waals surface area contributed by atoms with Crippen molar-refractivity contribution in [3.05, 3.63) is 0 Å². The number of hydrogen-bond acceptors (Lipinski definition) is 0. The molecule has 0 aromatic carbocycles. The van der Waals surface area contributed by atoms with E-state index in [4.69, 9.17) is 11.6 Å². The Balaban J connectivity index is 2.14. The summed E-state index contributed by atoms with van der Waals surface area (Å²) in [4.78, 5) is 0. The van der Waals surface area contributed by atoms with E-state index < -0.39 is 0 Å². The maximum atomic E-state index is 5.64. The van der Waals surface area contributed by atoms with Crippen LogP contribution in [0.3, 0.4) is 0 Å². The average molecular weight is 137 g/mol. The summed E-state index contributed by atoms with van der Waals surface area (Å²) < 4.78 is 0. The molecule has 7 heavy (non-hydrogen) atoms. The Labute approximate surface area is 51.0 Å². The van der Waals surface area contributed by atoms with Gasteiger partial charge in [0.1, 0.15) is 0 Å². The second-order valence-electron chi connectivity index (χ2n) is 1.94. The lowest BCUT2D eigenvalue weighted by Crippen LogP contribution is -1.73. The normalized spacial score (nSPS) is 23.6. The zero-order chi connectivity index (χ0) is 5.11. The summed E-state index contributed by atoms with van der Waals surface area (Å²) in [5, 5.41) is 0. The van der Waals surface area contributed by atoms with Crippen molar-refractivity contribution in [1.29, 1.82) is 0 Å². The molecule has 1 rings (SSSR count). The van der Waals surface area contributed by atoms with Gasteiger partial charge in [0, 0.05) is 5.62 Å². The molecule has 0 radical (unpaired) electrons. The zero-order valence-electron chi connectivity index (χ0n) is 4.36. The molecular weight excluding hydrogens is 126 g/mol. The number of alkyl halides is 1. The lowest BCUT2D eigenvalue weighted by atomic mass is 10.4. The number of rotatable bonds is 1. The molecule has 42 valence electrons. The monoisotopic (exact) mass is 136 g/mol. The van der Waals surface area contributed by atoms with Gasteiger partial charge in [-0.25, -0.2) is 0 Å². The summed E-state index contributed by atoms with van der Waals surface area (Å²) in [5.74, 6) is 0. The van der Waals surface area contributed by atoms with Crippen LogP contribution in [0.25, 0.3) is 0 Å². The number of hydrogen-bond donors (Lipinski definition) is 0. The van der Waals surface area contributed by atoms with E-state index in [1.54, 1.807) is 0 Å². The summed E-state index contributed by atoms with van der Waals surface area (Å²) >= 11 is 5.64. The van der Waals surface area contributed by atoms with E-state index in [1.165, 1.54) is 25.2 Å². The van der Waals surface area contributed by atoms with E-state index in [2.05, 4.69) is 0 Å². The van der Waals surface area contributed by atoms with Crippen LogP contribution < -0.4 is 0 Å². The fourth-order valence-corrected chi connectivity index (χ4v) is 3.42. The smallest absolute Gasteiger partial charge is 0.0423 e. The van der Waals surface area contributed by atoms with Crippen molar-refractivity contribution < 1.29 is 0 Å². The molecule has 0 saturated carbocycles. The molecule has 0 bridgehead atoms. The predicted molar refractivity (Wildman–Crippen MR) is 36.6 cm³/mol. The second kappa shape index (κ2) is 2.89. The van der Waals surface area contributed by atoms with Crippen LogP contribution in [-0.2, 0) is 0 Å². The molecule has 0 spiro atoms. The molecule has 0 N–H and O–H groups in total. The third kappa shape index (κ3) is 1.58. The van der Waals surface area contributed by atoms with Crippen LogP contribution in [-0.4, -0.2) is 17.9 Å². The maximum Gasteiger partial charge on any atom is 0.0423 e. The maximum absolute atomic E-state index is 5.64. The van der Waals surface area contributed by atoms with E-state index >= 15 is 0 Å². The minimum absolute atomic E-state index is 0.323. The van der Waals surface area contributed by atoms with E-state index in [0.717, 1.165) is 5.62 Å². The van der Waals surface area contributed by atoms with E-state index in [-0.39, 0.29) is 0 Å². The Hall–Kier alpha value is 0.720. The third-order valence-electron chi connectivity index (χ3n) is 1.37. The Morgan fingerprint density at radius 3 is 2.14 bits per heavy atom. The van der Waals surface area contributed by atoms with Crippen molar-refractivity contribution in [2.24, 2.45) is 0 Å². The van der Waals surface area contributed by atoms with Gasteiger partial charge in [-0.2, -0.15) is 0 Å². The molecule has 1 fully saturated rings. The summed E-state index contributed by atoms with van der Waals surface area (Å²) in [6.45, 7) is 0. The van der Waals surface area contributed by atoms with Gasteiger partial charge in [0.05, 0.1) is 0 Å². The van der Waals surface area contributed by atoms with Crippen LogP contribution in [0, 0.1) is 0 Å². The third-order valence-corrected chi connectivity index (χ3v) is 4.62. The molecule has 0 aromatic heterocycles. The van der Waals surface area contributed by atoms with Crippen molar-refractivity contribution >= 4 is 19.5 Å². The lowest BCUT2D eigenvalue weighted by molar-refractivity contribution is 0.949. The van der Waals surface area contributed by atoms with Crippen LogP contribution in [0.2, 0.25) is 0 Å². The molecule has 0 aromatic rings. The first-order valence-corrected chi connectivity index (χ1v) is 5.15. The highest BCUT2D eigenvalue weighted by molar-refractivity contribution is 7.59. The minimum Gasteiger partial charge on any atom is -0.122 e. The Bertz CT molecular complexity index is 50.0. The fraction of sp³-hybridized carbons (Fsp3) is 1.00. The second-order valence-corrected chi connectivity index (χ2v) is 5.14. The Morgan fingerprint density at radius 2 is 1.86 bits per heavy atom. The molecule has 0 nitrogen and oxygen atoms in total. The quantitative estimate of drug-likeness (QED) is 0.384. The van der Waals surface area contributed by atoms with Gasteiger partial charge >= 0.3 is 0 Å². The van der Waals surface area contributed by atoms with E-state index in [0.29, 0.717) is 7.92 Å². The molecule has 0 aliphatic carbocycles. The topological polar surface area (TPSA) is 0 Å². The predicted octanol–water partition coefficient (Wildman–Crippen LogP) is 2.46. The standard InChI is InChI=1S/C5H10ClP/c6-5-7-3-1-2-4-7/h1-5H2. The van der Waals surface area contributed by atoms with Crippen LogP contribution in [0.1, 0.15) is 12.8 Å². The summed E-state index contributed by atoms with van der Waals surface area (Å²) in [5.41, 5.74) is 0.954. The molecule has 2 heteroatoms. The first kappa shape index (κ1) is 5.85. The molecule has 1 heterocycles. The molecule has 0 amide bonds. The van der Waals surface area contributed by atoms with Gasteiger partial charge in [-0.05, 0) is 25.2 Å². The first-order valence-electron chi connectivity index (χ1n) is 2.72. The van der Waals surface area contributed by atoms with E-state index in [9.17, 15) is 0 Å². The summed E-state index contributed by atoms with van der Waals surface area (Å²) in [6, 6.07) is 0. The van der Waals surface area contributed by atoms with Crippen molar-refractivity contribution in [2.45, 2.75) is 12.8 Å². The van der Waals surface area contributed by atoms with Crippen molar-refractivity contribution in [1.82, 2.24) is 0 Å². The summed E-state index contributed by atoms with van der Waals surface area (Å²) in [6.07, 6.45) is 5.77. The molecule has 1 saturated heterocycles. The van der Waals surface area contributed by atoms with Crippen molar-refractivity contribution in [2.75, 3.05) is 17.9 Å². The molecule has 0 atom stereocenters. The first-order chi connectivity index (χ1) is 3.43. The largest absolute Gasteiger partial charge is 0.122 e. The lowest BCUT2D eigenvalue weighted by Gasteiger charge is -1.99.